The number of aryl methyl sites for hydroxylation is 1. The normalized spacial score (nSPS) is 15.7. The van der Waals surface area contributed by atoms with Crippen LogP contribution in [0.15, 0.2) is 30.5 Å². The van der Waals surface area contributed by atoms with E-state index >= 15 is 0 Å². The SMILES string of the molecule is Cn1cc(C(=O)Nc2ccc(CCN3CCOCC3)cc2)c(C(F)(F)F)n1. The number of nitrogens with one attached hydrogen (secondary N) is 1. The number of benzene rings is 1. The lowest BCUT2D eigenvalue weighted by molar-refractivity contribution is -0.141. The largest absolute Gasteiger partial charge is 0.435 e. The van der Waals surface area contributed by atoms with Gasteiger partial charge in [0.1, 0.15) is 0 Å². The molecule has 0 aliphatic carbocycles. The first-order valence-electron chi connectivity index (χ1n) is 8.64. The highest BCUT2D eigenvalue weighted by atomic mass is 19.4. The van der Waals surface area contributed by atoms with E-state index in [9.17, 15) is 18.0 Å². The molecule has 6 nitrogen and oxygen atoms in total. The lowest BCUT2D eigenvalue weighted by atomic mass is 10.1. The van der Waals surface area contributed by atoms with Crippen LogP contribution in [0.2, 0.25) is 0 Å². The van der Waals surface area contributed by atoms with Gasteiger partial charge in [0.05, 0.1) is 18.8 Å². The third-order valence-corrected chi connectivity index (χ3v) is 4.37. The molecule has 27 heavy (non-hydrogen) atoms. The lowest BCUT2D eigenvalue weighted by Crippen LogP contribution is -2.37. The summed E-state index contributed by atoms with van der Waals surface area (Å²) in [6.45, 7) is 4.25. The van der Waals surface area contributed by atoms with E-state index in [1.807, 2.05) is 12.1 Å². The number of anilines is 1. The molecule has 1 aromatic heterocycles. The summed E-state index contributed by atoms with van der Waals surface area (Å²) in [5.74, 6) is -0.837. The van der Waals surface area contributed by atoms with Crippen molar-refractivity contribution in [2.45, 2.75) is 12.6 Å². The van der Waals surface area contributed by atoms with Gasteiger partial charge in [0, 0.05) is 38.6 Å². The Labute approximate surface area is 154 Å². The van der Waals surface area contributed by atoms with E-state index in [-0.39, 0.29) is 0 Å². The minimum Gasteiger partial charge on any atom is -0.379 e. The van der Waals surface area contributed by atoms with E-state index in [1.165, 1.54) is 7.05 Å². The Kier molecular flexibility index (Phi) is 5.81. The first-order chi connectivity index (χ1) is 12.8. The van der Waals surface area contributed by atoms with Crippen molar-refractivity contribution in [1.82, 2.24) is 14.7 Å². The topological polar surface area (TPSA) is 59.4 Å². The summed E-state index contributed by atoms with van der Waals surface area (Å²) in [6, 6.07) is 7.11. The molecule has 9 heteroatoms. The van der Waals surface area contributed by atoms with Gasteiger partial charge in [0.25, 0.3) is 5.91 Å². The fourth-order valence-corrected chi connectivity index (χ4v) is 2.93. The van der Waals surface area contributed by atoms with Crippen molar-refractivity contribution in [1.29, 1.82) is 0 Å². The Morgan fingerprint density at radius 1 is 1.22 bits per heavy atom. The summed E-state index contributed by atoms with van der Waals surface area (Å²) >= 11 is 0. The van der Waals surface area contributed by atoms with Crippen LogP contribution >= 0.6 is 0 Å². The van der Waals surface area contributed by atoms with Crippen molar-refractivity contribution in [3.05, 3.63) is 47.3 Å². The lowest BCUT2D eigenvalue weighted by Gasteiger charge is -2.26. The number of rotatable bonds is 5. The average molecular weight is 382 g/mol. The summed E-state index contributed by atoms with van der Waals surface area (Å²) in [5.41, 5.74) is -0.157. The second kappa shape index (κ2) is 8.10. The number of aromatic nitrogens is 2. The smallest absolute Gasteiger partial charge is 0.379 e. The number of carbonyl (C=O) groups excluding carboxylic acids is 1. The molecule has 0 atom stereocenters. The van der Waals surface area contributed by atoms with E-state index in [0.717, 1.165) is 55.7 Å². The molecule has 0 unspecified atom stereocenters. The molecule has 3 rings (SSSR count). The zero-order chi connectivity index (χ0) is 19.4. The third-order valence-electron chi connectivity index (χ3n) is 4.37. The molecule has 2 heterocycles. The first kappa shape index (κ1) is 19.4. The van der Waals surface area contributed by atoms with Crippen LogP contribution in [-0.4, -0.2) is 53.4 Å². The number of hydrogen-bond donors (Lipinski definition) is 1. The van der Waals surface area contributed by atoms with Gasteiger partial charge in [-0.15, -0.1) is 0 Å². The van der Waals surface area contributed by atoms with Crippen molar-refractivity contribution in [2.24, 2.45) is 7.05 Å². The number of morpholine rings is 1. The van der Waals surface area contributed by atoms with Crippen LogP contribution in [0.4, 0.5) is 18.9 Å². The predicted molar refractivity (Wildman–Crippen MR) is 93.6 cm³/mol. The van der Waals surface area contributed by atoms with Gasteiger partial charge in [-0.25, -0.2) is 0 Å². The molecule has 0 saturated carbocycles. The maximum Gasteiger partial charge on any atom is 0.435 e. The minimum absolute atomic E-state index is 0.437. The number of hydrogen-bond acceptors (Lipinski definition) is 4. The van der Waals surface area contributed by atoms with Crippen LogP contribution in [0.3, 0.4) is 0 Å². The number of halogens is 3. The molecule has 1 fully saturated rings. The van der Waals surface area contributed by atoms with Crippen LogP contribution < -0.4 is 5.32 Å². The molecular weight excluding hydrogens is 361 g/mol. The van der Waals surface area contributed by atoms with Gasteiger partial charge in [0.2, 0.25) is 0 Å². The predicted octanol–water partition coefficient (Wildman–Crippen LogP) is 2.57. The molecular formula is C18H21F3N4O2. The Morgan fingerprint density at radius 3 is 2.52 bits per heavy atom. The Balaban J connectivity index is 1.60. The van der Waals surface area contributed by atoms with Crippen LogP contribution in [0.5, 0.6) is 0 Å². The Morgan fingerprint density at radius 2 is 1.89 bits per heavy atom. The zero-order valence-corrected chi connectivity index (χ0v) is 14.9. The van der Waals surface area contributed by atoms with Crippen LogP contribution in [0.25, 0.3) is 0 Å². The van der Waals surface area contributed by atoms with Crippen molar-refractivity contribution >= 4 is 11.6 Å². The second-order valence-corrected chi connectivity index (χ2v) is 6.42. The molecule has 0 spiro atoms. The Hall–Kier alpha value is -2.39. The maximum atomic E-state index is 13.0. The van der Waals surface area contributed by atoms with Crippen molar-refractivity contribution in [3.8, 4) is 0 Å². The molecule has 1 aliphatic heterocycles. The van der Waals surface area contributed by atoms with E-state index in [1.54, 1.807) is 12.1 Å². The number of ether oxygens (including phenoxy) is 1. The zero-order valence-electron chi connectivity index (χ0n) is 14.9. The van der Waals surface area contributed by atoms with E-state index in [2.05, 4.69) is 15.3 Å². The molecule has 0 radical (unpaired) electrons. The van der Waals surface area contributed by atoms with Gasteiger partial charge in [-0.1, -0.05) is 12.1 Å². The fourth-order valence-electron chi connectivity index (χ4n) is 2.93. The highest BCUT2D eigenvalue weighted by molar-refractivity contribution is 6.05. The molecule has 1 N–H and O–H groups in total. The van der Waals surface area contributed by atoms with Crippen LogP contribution in [-0.2, 0) is 24.4 Å². The Bertz CT molecular complexity index is 781. The van der Waals surface area contributed by atoms with E-state index < -0.39 is 23.3 Å². The van der Waals surface area contributed by atoms with Gasteiger partial charge < -0.3 is 10.1 Å². The highest BCUT2D eigenvalue weighted by Crippen LogP contribution is 2.30. The average Bonchev–Trinajstić information content (AvgIpc) is 3.04. The molecule has 2 aromatic rings. The summed E-state index contributed by atoms with van der Waals surface area (Å²) in [6.07, 6.45) is -2.76. The number of carbonyl (C=O) groups is 1. The van der Waals surface area contributed by atoms with Crippen LogP contribution in [0.1, 0.15) is 21.6 Å². The number of alkyl halides is 3. The molecule has 1 saturated heterocycles. The molecule has 0 bridgehead atoms. The molecule has 1 aliphatic rings. The van der Waals surface area contributed by atoms with E-state index in [0.29, 0.717) is 5.69 Å². The number of nitrogens with zero attached hydrogens (tertiary/aromatic N) is 3. The summed E-state index contributed by atoms with van der Waals surface area (Å²) < 4.78 is 45.2. The van der Waals surface area contributed by atoms with Gasteiger partial charge in [0.15, 0.2) is 5.69 Å². The van der Waals surface area contributed by atoms with Gasteiger partial charge in [-0.2, -0.15) is 18.3 Å². The summed E-state index contributed by atoms with van der Waals surface area (Å²) in [7, 11) is 1.34. The first-order valence-corrected chi connectivity index (χ1v) is 8.64. The van der Waals surface area contributed by atoms with Gasteiger partial charge in [-0.3, -0.25) is 14.4 Å². The third kappa shape index (κ3) is 5.08. The second-order valence-electron chi connectivity index (χ2n) is 6.42. The minimum atomic E-state index is -4.68. The summed E-state index contributed by atoms with van der Waals surface area (Å²) in [4.78, 5) is 14.5. The summed E-state index contributed by atoms with van der Waals surface area (Å²) in [5, 5.41) is 5.84. The van der Waals surface area contributed by atoms with Crippen molar-refractivity contribution in [2.75, 3.05) is 38.2 Å². The maximum absolute atomic E-state index is 13.0. The number of amides is 1. The molecule has 1 amide bonds. The van der Waals surface area contributed by atoms with Gasteiger partial charge >= 0.3 is 6.18 Å². The van der Waals surface area contributed by atoms with E-state index in [4.69, 9.17) is 4.74 Å². The fraction of sp³-hybridized carbons (Fsp3) is 0.444. The molecule has 146 valence electrons. The van der Waals surface area contributed by atoms with Crippen LogP contribution in [0, 0.1) is 0 Å². The molecule has 1 aromatic carbocycles. The quantitative estimate of drug-likeness (QED) is 0.864. The standard InChI is InChI=1S/C18H21F3N4O2/c1-24-12-15(16(23-24)18(19,20)21)17(26)22-14-4-2-13(3-5-14)6-7-25-8-10-27-11-9-25/h2-5,12H,6-11H2,1H3,(H,22,26). The van der Waals surface area contributed by atoms with Crippen molar-refractivity contribution < 1.29 is 22.7 Å². The van der Waals surface area contributed by atoms with Gasteiger partial charge in [-0.05, 0) is 24.1 Å². The monoisotopic (exact) mass is 382 g/mol. The highest BCUT2D eigenvalue weighted by Gasteiger charge is 2.39. The van der Waals surface area contributed by atoms with Crippen molar-refractivity contribution in [3.63, 3.8) is 0 Å².